The van der Waals surface area contributed by atoms with Crippen LogP contribution in [0.4, 0.5) is 0 Å². The highest BCUT2D eigenvalue weighted by Crippen LogP contribution is 2.16. The van der Waals surface area contributed by atoms with Gasteiger partial charge in [0, 0.05) is 19.3 Å². The average Bonchev–Trinajstić information content (AvgIpc) is 3.34. The van der Waals surface area contributed by atoms with Crippen molar-refractivity contribution in [3.05, 3.63) is 72.9 Å². The zero-order chi connectivity index (χ0) is 49.3. The molecule has 0 rings (SSSR count). The van der Waals surface area contributed by atoms with Crippen molar-refractivity contribution in [1.29, 1.82) is 0 Å². The molecule has 392 valence electrons. The van der Waals surface area contributed by atoms with Gasteiger partial charge in [-0.3, -0.25) is 14.4 Å². The Kier molecular flexibility index (Phi) is 53.8. The summed E-state index contributed by atoms with van der Waals surface area (Å²) in [5, 5.41) is 0. The quantitative estimate of drug-likeness (QED) is 0.0262. The Morgan fingerprint density at radius 3 is 0.941 bits per heavy atom. The fourth-order valence-electron chi connectivity index (χ4n) is 8.11. The maximum absolute atomic E-state index is 12.9. The van der Waals surface area contributed by atoms with E-state index in [1.807, 2.05) is 0 Å². The van der Waals surface area contributed by atoms with Gasteiger partial charge in [0.05, 0.1) is 0 Å². The van der Waals surface area contributed by atoms with E-state index in [2.05, 4.69) is 93.7 Å². The summed E-state index contributed by atoms with van der Waals surface area (Å²) in [6.07, 6.45) is 71.8. The Morgan fingerprint density at radius 2 is 0.574 bits per heavy atom. The van der Waals surface area contributed by atoms with Gasteiger partial charge in [0.1, 0.15) is 13.2 Å². The fourth-order valence-corrected chi connectivity index (χ4v) is 8.11. The molecule has 0 aliphatic rings. The molecule has 0 fully saturated rings. The molecule has 0 amide bonds. The predicted molar refractivity (Wildman–Crippen MR) is 293 cm³/mol. The standard InChI is InChI=1S/C62H108O6/c1-4-7-10-13-16-19-22-25-27-29-30-31-32-34-35-37-40-43-46-49-52-55-61(64)67-58-59(57-66-60(63)54-51-48-45-42-39-24-21-18-15-12-9-6-3)68-62(65)56-53-50-47-44-41-38-36-33-28-26-23-20-17-14-11-8-5-2/h7,10,16,18-19,21,25,27,30-31,34-35,59H,4-6,8-9,11-15,17,20,22-24,26,28-29,32-33,36-58H2,1-3H3/b10-7-,19-16-,21-18-,27-25-,31-30-,35-34-. The van der Waals surface area contributed by atoms with E-state index < -0.39 is 6.10 Å². The summed E-state index contributed by atoms with van der Waals surface area (Å²) in [7, 11) is 0. The largest absolute Gasteiger partial charge is 0.462 e. The molecule has 0 aliphatic heterocycles. The normalized spacial score (nSPS) is 12.6. The van der Waals surface area contributed by atoms with Crippen molar-refractivity contribution < 1.29 is 28.6 Å². The topological polar surface area (TPSA) is 78.9 Å². The van der Waals surface area contributed by atoms with Crippen LogP contribution < -0.4 is 0 Å². The van der Waals surface area contributed by atoms with Crippen LogP contribution in [-0.2, 0) is 28.6 Å². The molecule has 1 atom stereocenters. The molecule has 0 aromatic rings. The minimum Gasteiger partial charge on any atom is -0.462 e. The van der Waals surface area contributed by atoms with E-state index in [-0.39, 0.29) is 31.1 Å². The minimum absolute atomic E-state index is 0.0839. The van der Waals surface area contributed by atoms with Crippen LogP contribution in [-0.4, -0.2) is 37.2 Å². The zero-order valence-electron chi connectivity index (χ0n) is 44.9. The fraction of sp³-hybridized carbons (Fsp3) is 0.758. The minimum atomic E-state index is -0.785. The molecule has 68 heavy (non-hydrogen) atoms. The maximum atomic E-state index is 12.9. The predicted octanol–water partition coefficient (Wildman–Crippen LogP) is 19.4. The molecule has 0 heterocycles. The third-order valence-corrected chi connectivity index (χ3v) is 12.4. The van der Waals surface area contributed by atoms with E-state index in [1.165, 1.54) is 128 Å². The lowest BCUT2D eigenvalue weighted by molar-refractivity contribution is -0.167. The molecular weight excluding hydrogens is 841 g/mol. The van der Waals surface area contributed by atoms with Crippen LogP contribution in [0.2, 0.25) is 0 Å². The van der Waals surface area contributed by atoms with Crippen molar-refractivity contribution in [2.24, 2.45) is 0 Å². The number of ether oxygens (including phenoxy) is 3. The van der Waals surface area contributed by atoms with Gasteiger partial charge in [-0.05, 0) is 89.9 Å². The lowest BCUT2D eigenvalue weighted by atomic mass is 10.0. The smallest absolute Gasteiger partial charge is 0.306 e. The van der Waals surface area contributed by atoms with Crippen LogP contribution in [0.15, 0.2) is 72.9 Å². The van der Waals surface area contributed by atoms with Crippen LogP contribution >= 0.6 is 0 Å². The van der Waals surface area contributed by atoms with Crippen LogP contribution in [0.1, 0.15) is 284 Å². The lowest BCUT2D eigenvalue weighted by Crippen LogP contribution is -2.30. The highest BCUT2D eigenvalue weighted by Gasteiger charge is 2.19. The van der Waals surface area contributed by atoms with Gasteiger partial charge in [0.25, 0.3) is 0 Å². The number of unbranched alkanes of at least 4 members (excludes halogenated alkanes) is 29. The summed E-state index contributed by atoms with van der Waals surface area (Å²) in [6, 6.07) is 0. The number of carbonyl (C=O) groups is 3. The summed E-state index contributed by atoms with van der Waals surface area (Å²) in [5.74, 6) is -0.901. The Labute approximate surface area is 421 Å². The van der Waals surface area contributed by atoms with E-state index in [1.54, 1.807) is 0 Å². The number of hydrogen-bond acceptors (Lipinski definition) is 6. The third kappa shape index (κ3) is 53.8. The molecule has 6 heteroatoms. The third-order valence-electron chi connectivity index (χ3n) is 12.4. The molecule has 0 radical (unpaired) electrons. The summed E-state index contributed by atoms with van der Waals surface area (Å²) in [6.45, 7) is 6.50. The highest BCUT2D eigenvalue weighted by atomic mass is 16.6. The highest BCUT2D eigenvalue weighted by molar-refractivity contribution is 5.71. The summed E-state index contributed by atoms with van der Waals surface area (Å²) in [4.78, 5) is 38.1. The van der Waals surface area contributed by atoms with E-state index in [9.17, 15) is 14.4 Å². The molecule has 0 N–H and O–H groups in total. The molecular formula is C62H108O6. The SMILES string of the molecule is CC/C=C\C/C=C\C/C=C\C/C=C\C/C=C\CCCCCCCC(=O)OCC(COC(=O)CCCCCCC/C=C\CCCCC)OC(=O)CCCCCCCCCCCCCCCCCCC. The number of hydrogen-bond donors (Lipinski definition) is 0. The van der Waals surface area contributed by atoms with Crippen LogP contribution in [0.25, 0.3) is 0 Å². The van der Waals surface area contributed by atoms with Crippen molar-refractivity contribution in [3.63, 3.8) is 0 Å². The van der Waals surface area contributed by atoms with Crippen molar-refractivity contribution in [1.82, 2.24) is 0 Å². The number of allylic oxidation sites excluding steroid dienone is 12. The van der Waals surface area contributed by atoms with Gasteiger partial charge >= 0.3 is 17.9 Å². The van der Waals surface area contributed by atoms with E-state index in [0.29, 0.717) is 19.3 Å². The Hall–Kier alpha value is -3.15. The molecule has 0 aliphatic carbocycles. The second kappa shape index (κ2) is 56.4. The number of esters is 3. The van der Waals surface area contributed by atoms with Crippen LogP contribution in [0.5, 0.6) is 0 Å². The first-order valence-electron chi connectivity index (χ1n) is 28.9. The first-order chi connectivity index (χ1) is 33.5. The van der Waals surface area contributed by atoms with E-state index in [0.717, 1.165) is 116 Å². The molecule has 1 unspecified atom stereocenters. The van der Waals surface area contributed by atoms with Crippen molar-refractivity contribution in [2.75, 3.05) is 13.2 Å². The molecule has 6 nitrogen and oxygen atoms in total. The van der Waals surface area contributed by atoms with Gasteiger partial charge in [-0.1, -0.05) is 248 Å². The van der Waals surface area contributed by atoms with Crippen LogP contribution in [0, 0.1) is 0 Å². The van der Waals surface area contributed by atoms with E-state index in [4.69, 9.17) is 14.2 Å². The van der Waals surface area contributed by atoms with Gasteiger partial charge in [0.15, 0.2) is 6.10 Å². The second-order valence-electron chi connectivity index (χ2n) is 19.2. The summed E-state index contributed by atoms with van der Waals surface area (Å²) < 4.78 is 16.8. The Bertz CT molecular complexity index is 1270. The monoisotopic (exact) mass is 949 g/mol. The van der Waals surface area contributed by atoms with Gasteiger partial charge in [-0.15, -0.1) is 0 Å². The first kappa shape index (κ1) is 64.8. The van der Waals surface area contributed by atoms with Gasteiger partial charge < -0.3 is 14.2 Å². The second-order valence-corrected chi connectivity index (χ2v) is 19.2. The Balaban J connectivity index is 4.37. The molecule has 0 spiro atoms. The van der Waals surface area contributed by atoms with E-state index >= 15 is 0 Å². The first-order valence-corrected chi connectivity index (χ1v) is 28.9. The molecule has 0 aromatic heterocycles. The maximum Gasteiger partial charge on any atom is 0.306 e. The number of rotatable bonds is 52. The zero-order valence-corrected chi connectivity index (χ0v) is 44.9. The van der Waals surface area contributed by atoms with Crippen molar-refractivity contribution in [2.45, 2.75) is 290 Å². The van der Waals surface area contributed by atoms with Crippen molar-refractivity contribution in [3.8, 4) is 0 Å². The van der Waals surface area contributed by atoms with Gasteiger partial charge in [-0.2, -0.15) is 0 Å². The summed E-state index contributed by atoms with van der Waals surface area (Å²) >= 11 is 0. The van der Waals surface area contributed by atoms with Gasteiger partial charge in [-0.25, -0.2) is 0 Å². The van der Waals surface area contributed by atoms with Gasteiger partial charge in [0.2, 0.25) is 0 Å². The number of carbonyl (C=O) groups excluding carboxylic acids is 3. The Morgan fingerprint density at radius 1 is 0.309 bits per heavy atom. The lowest BCUT2D eigenvalue weighted by Gasteiger charge is -2.18. The van der Waals surface area contributed by atoms with Crippen LogP contribution in [0.3, 0.4) is 0 Å². The molecule has 0 bridgehead atoms. The molecule has 0 saturated heterocycles. The summed E-state index contributed by atoms with van der Waals surface area (Å²) in [5.41, 5.74) is 0. The molecule has 0 saturated carbocycles. The average molecular weight is 950 g/mol. The molecule has 0 aromatic carbocycles. The van der Waals surface area contributed by atoms with Crippen molar-refractivity contribution >= 4 is 17.9 Å².